The van der Waals surface area contributed by atoms with Crippen LogP contribution < -0.4 is 0 Å². The molecule has 0 amide bonds. The predicted molar refractivity (Wildman–Crippen MR) is 49.0 cm³/mol. The summed E-state index contributed by atoms with van der Waals surface area (Å²) in [5.74, 6) is 0.482. The van der Waals surface area contributed by atoms with Crippen molar-refractivity contribution in [3.63, 3.8) is 0 Å². The Labute approximate surface area is 71.8 Å². The first kappa shape index (κ1) is 8.65. The zero-order chi connectivity index (χ0) is 9.14. The predicted octanol–water partition coefficient (Wildman–Crippen LogP) is 2.70. The van der Waals surface area contributed by atoms with E-state index in [2.05, 4.69) is 0 Å². The minimum atomic E-state index is 0.209. The molecular formula is C10H12O2. The standard InChI is InChI=1S/C10H12O2/c1-7(2)10(12)8-3-5-9(11)6-4-8/h3-6,11-12H,1-2H3. The van der Waals surface area contributed by atoms with E-state index in [0.717, 1.165) is 11.1 Å². The number of benzene rings is 1. The molecule has 0 aromatic heterocycles. The molecule has 0 bridgehead atoms. The molecular weight excluding hydrogens is 152 g/mol. The van der Waals surface area contributed by atoms with Crippen LogP contribution in [0, 0.1) is 0 Å². The van der Waals surface area contributed by atoms with Crippen LogP contribution in [0.1, 0.15) is 19.4 Å². The molecule has 0 heterocycles. The molecule has 12 heavy (non-hydrogen) atoms. The average Bonchev–Trinajstić information content (AvgIpc) is 2.04. The summed E-state index contributed by atoms with van der Waals surface area (Å²) in [5, 5.41) is 18.5. The number of hydrogen-bond donors (Lipinski definition) is 2. The third kappa shape index (κ3) is 1.78. The van der Waals surface area contributed by atoms with Crippen LogP contribution >= 0.6 is 0 Å². The molecule has 0 aliphatic carbocycles. The normalized spacial score (nSPS) is 9.50. The Morgan fingerprint density at radius 3 is 2.00 bits per heavy atom. The van der Waals surface area contributed by atoms with Gasteiger partial charge in [0.15, 0.2) is 0 Å². The zero-order valence-electron chi connectivity index (χ0n) is 7.20. The number of allylic oxidation sites excluding steroid dienone is 1. The molecule has 0 saturated heterocycles. The van der Waals surface area contributed by atoms with Crippen LogP contribution in [0.15, 0.2) is 29.8 Å². The lowest BCUT2D eigenvalue weighted by Crippen LogP contribution is -1.84. The van der Waals surface area contributed by atoms with Crippen molar-refractivity contribution in [2.24, 2.45) is 0 Å². The summed E-state index contributed by atoms with van der Waals surface area (Å²) in [5.41, 5.74) is 1.59. The highest BCUT2D eigenvalue weighted by Crippen LogP contribution is 2.18. The molecule has 0 aliphatic rings. The average molecular weight is 164 g/mol. The minimum Gasteiger partial charge on any atom is -0.508 e. The van der Waals surface area contributed by atoms with Crippen LogP contribution in [0.5, 0.6) is 5.75 Å². The number of phenolic OH excluding ortho intramolecular Hbond substituents is 1. The fraction of sp³-hybridized carbons (Fsp3) is 0.200. The van der Waals surface area contributed by atoms with Crippen LogP contribution in [0.4, 0.5) is 0 Å². The molecule has 64 valence electrons. The van der Waals surface area contributed by atoms with Gasteiger partial charge in [0.1, 0.15) is 11.5 Å². The van der Waals surface area contributed by atoms with E-state index in [0.29, 0.717) is 0 Å². The number of phenols is 1. The molecule has 1 aromatic carbocycles. The quantitative estimate of drug-likeness (QED) is 0.626. The van der Waals surface area contributed by atoms with E-state index >= 15 is 0 Å². The van der Waals surface area contributed by atoms with Crippen molar-refractivity contribution in [3.05, 3.63) is 35.4 Å². The summed E-state index contributed by atoms with van der Waals surface area (Å²) < 4.78 is 0. The Morgan fingerprint density at radius 1 is 1.08 bits per heavy atom. The number of rotatable bonds is 1. The number of aromatic hydroxyl groups is 1. The van der Waals surface area contributed by atoms with Gasteiger partial charge in [-0.15, -0.1) is 0 Å². The largest absolute Gasteiger partial charge is 0.508 e. The smallest absolute Gasteiger partial charge is 0.121 e. The van der Waals surface area contributed by atoms with Gasteiger partial charge in [0.25, 0.3) is 0 Å². The molecule has 2 N–H and O–H groups in total. The van der Waals surface area contributed by atoms with E-state index in [4.69, 9.17) is 5.11 Å². The molecule has 0 spiro atoms. The van der Waals surface area contributed by atoms with Crippen molar-refractivity contribution in [1.82, 2.24) is 0 Å². The van der Waals surface area contributed by atoms with Crippen LogP contribution in [0.25, 0.3) is 5.76 Å². The first-order valence-electron chi connectivity index (χ1n) is 3.77. The van der Waals surface area contributed by atoms with E-state index in [-0.39, 0.29) is 11.5 Å². The van der Waals surface area contributed by atoms with Crippen LogP contribution in [0.3, 0.4) is 0 Å². The second-order valence-electron chi connectivity index (χ2n) is 2.90. The molecule has 0 saturated carbocycles. The second kappa shape index (κ2) is 3.30. The molecule has 0 aliphatic heterocycles. The van der Waals surface area contributed by atoms with Crippen molar-refractivity contribution >= 4 is 5.76 Å². The maximum atomic E-state index is 9.49. The van der Waals surface area contributed by atoms with Crippen molar-refractivity contribution < 1.29 is 10.2 Å². The van der Waals surface area contributed by atoms with Crippen molar-refractivity contribution in [2.75, 3.05) is 0 Å². The van der Waals surface area contributed by atoms with E-state index < -0.39 is 0 Å². The highest BCUT2D eigenvalue weighted by atomic mass is 16.3. The highest BCUT2D eigenvalue weighted by Gasteiger charge is 1.99. The lowest BCUT2D eigenvalue weighted by atomic mass is 10.1. The van der Waals surface area contributed by atoms with Crippen LogP contribution in [-0.4, -0.2) is 10.2 Å². The summed E-state index contributed by atoms with van der Waals surface area (Å²) in [6.07, 6.45) is 0. The Bertz CT molecular complexity index is 292. The van der Waals surface area contributed by atoms with Gasteiger partial charge >= 0.3 is 0 Å². The third-order valence-electron chi connectivity index (χ3n) is 1.61. The summed E-state index contributed by atoms with van der Waals surface area (Å²) in [4.78, 5) is 0. The summed E-state index contributed by atoms with van der Waals surface area (Å²) in [7, 11) is 0. The third-order valence-corrected chi connectivity index (χ3v) is 1.61. The van der Waals surface area contributed by atoms with Gasteiger partial charge in [0.2, 0.25) is 0 Å². The molecule has 2 heteroatoms. The maximum Gasteiger partial charge on any atom is 0.121 e. The summed E-state index contributed by atoms with van der Waals surface area (Å²) in [6.45, 7) is 3.67. The van der Waals surface area contributed by atoms with E-state index in [1.807, 2.05) is 13.8 Å². The SMILES string of the molecule is CC(C)=C(O)c1ccc(O)cc1. The Hall–Kier alpha value is -1.44. The molecule has 0 fully saturated rings. The van der Waals surface area contributed by atoms with Crippen molar-refractivity contribution in [1.29, 1.82) is 0 Å². The fourth-order valence-electron chi connectivity index (χ4n) is 0.908. The molecule has 0 radical (unpaired) electrons. The van der Waals surface area contributed by atoms with Gasteiger partial charge in [-0.25, -0.2) is 0 Å². The summed E-state index contributed by atoms with van der Waals surface area (Å²) >= 11 is 0. The van der Waals surface area contributed by atoms with E-state index in [9.17, 15) is 5.11 Å². The number of aliphatic hydroxyl groups is 1. The van der Waals surface area contributed by atoms with Crippen LogP contribution in [0.2, 0.25) is 0 Å². The Kier molecular flexibility index (Phi) is 2.38. The van der Waals surface area contributed by atoms with Crippen molar-refractivity contribution in [2.45, 2.75) is 13.8 Å². The molecule has 2 nitrogen and oxygen atoms in total. The van der Waals surface area contributed by atoms with Gasteiger partial charge in [-0.05, 0) is 43.7 Å². The highest BCUT2D eigenvalue weighted by molar-refractivity contribution is 5.61. The van der Waals surface area contributed by atoms with Crippen LogP contribution in [-0.2, 0) is 0 Å². The first-order chi connectivity index (χ1) is 5.61. The van der Waals surface area contributed by atoms with Gasteiger partial charge in [-0.1, -0.05) is 0 Å². The zero-order valence-corrected chi connectivity index (χ0v) is 7.20. The Balaban J connectivity index is 3.06. The number of hydrogen-bond acceptors (Lipinski definition) is 2. The van der Waals surface area contributed by atoms with Crippen molar-refractivity contribution in [3.8, 4) is 5.75 Å². The molecule has 1 aromatic rings. The van der Waals surface area contributed by atoms with Gasteiger partial charge in [0.05, 0.1) is 0 Å². The van der Waals surface area contributed by atoms with E-state index in [1.54, 1.807) is 24.3 Å². The molecule has 0 unspecified atom stereocenters. The van der Waals surface area contributed by atoms with Gasteiger partial charge in [-0.2, -0.15) is 0 Å². The van der Waals surface area contributed by atoms with E-state index in [1.165, 1.54) is 0 Å². The van der Waals surface area contributed by atoms with Gasteiger partial charge in [-0.3, -0.25) is 0 Å². The second-order valence-corrected chi connectivity index (χ2v) is 2.90. The molecule has 0 atom stereocenters. The number of aliphatic hydroxyl groups excluding tert-OH is 1. The fourth-order valence-corrected chi connectivity index (χ4v) is 0.908. The molecule has 1 rings (SSSR count). The first-order valence-corrected chi connectivity index (χ1v) is 3.77. The topological polar surface area (TPSA) is 40.5 Å². The lowest BCUT2D eigenvalue weighted by molar-refractivity contribution is 0.474. The monoisotopic (exact) mass is 164 g/mol. The minimum absolute atomic E-state index is 0.209. The maximum absolute atomic E-state index is 9.49. The van der Waals surface area contributed by atoms with Gasteiger partial charge in [0, 0.05) is 5.56 Å². The van der Waals surface area contributed by atoms with Gasteiger partial charge < -0.3 is 10.2 Å². The lowest BCUT2D eigenvalue weighted by Gasteiger charge is -2.01. The Morgan fingerprint density at radius 2 is 1.58 bits per heavy atom. The summed E-state index contributed by atoms with van der Waals surface area (Å²) in [6, 6.07) is 6.46.